The third-order valence-corrected chi connectivity index (χ3v) is 6.36. The highest BCUT2D eigenvalue weighted by Crippen LogP contribution is 2.30. The van der Waals surface area contributed by atoms with Crippen LogP contribution in [0, 0.1) is 5.92 Å². The molecule has 1 aliphatic rings. The minimum Gasteiger partial charge on any atom is -0.497 e. The molecule has 10 nitrogen and oxygen atoms in total. The largest absolute Gasteiger partial charge is 0.497 e. The van der Waals surface area contributed by atoms with Crippen molar-refractivity contribution in [3.63, 3.8) is 0 Å². The van der Waals surface area contributed by atoms with E-state index in [1.165, 1.54) is 41.5 Å². The van der Waals surface area contributed by atoms with E-state index in [1.807, 2.05) is 0 Å². The number of carbonyl (C=O) groups excluding carboxylic acids is 4. The molecule has 1 aromatic heterocycles. The van der Waals surface area contributed by atoms with Gasteiger partial charge in [-0.05, 0) is 84.9 Å². The summed E-state index contributed by atoms with van der Waals surface area (Å²) in [5, 5.41) is 0. The van der Waals surface area contributed by atoms with Gasteiger partial charge in [-0.3, -0.25) is 14.4 Å². The van der Waals surface area contributed by atoms with Gasteiger partial charge in [0.25, 0.3) is 0 Å². The highest BCUT2D eigenvalue weighted by molar-refractivity contribution is 6.01. The summed E-state index contributed by atoms with van der Waals surface area (Å²) in [7, 11) is 1.59. The molecule has 41 heavy (non-hydrogen) atoms. The molecule has 1 saturated heterocycles. The topological polar surface area (TPSA) is 122 Å². The highest BCUT2D eigenvalue weighted by Gasteiger charge is 2.36. The summed E-state index contributed by atoms with van der Waals surface area (Å²) in [6.07, 6.45) is 1.34. The Morgan fingerprint density at radius 3 is 2.12 bits per heavy atom. The number of benzene rings is 3. The Kier molecular flexibility index (Phi) is 8.10. The minimum absolute atomic E-state index is 0.0210. The second-order valence-corrected chi connectivity index (χ2v) is 9.10. The van der Waals surface area contributed by atoms with Gasteiger partial charge in [-0.25, -0.2) is 4.79 Å². The van der Waals surface area contributed by atoms with Gasteiger partial charge in [-0.15, -0.1) is 0 Å². The van der Waals surface area contributed by atoms with E-state index in [0.29, 0.717) is 17.2 Å². The zero-order chi connectivity index (χ0) is 28.8. The van der Waals surface area contributed by atoms with Gasteiger partial charge in [0.05, 0.1) is 19.3 Å². The third kappa shape index (κ3) is 6.62. The quantitative estimate of drug-likeness (QED) is 0.150. The number of anilines is 1. The van der Waals surface area contributed by atoms with Gasteiger partial charge < -0.3 is 28.3 Å². The number of ether oxygens (including phenoxy) is 4. The van der Waals surface area contributed by atoms with E-state index >= 15 is 0 Å². The summed E-state index contributed by atoms with van der Waals surface area (Å²) in [6, 6.07) is 23.0. The molecule has 208 valence electrons. The molecule has 1 aliphatic heterocycles. The van der Waals surface area contributed by atoms with Crippen LogP contribution < -0.4 is 19.1 Å². The lowest BCUT2D eigenvalue weighted by Gasteiger charge is -2.17. The molecule has 4 aromatic rings. The van der Waals surface area contributed by atoms with Gasteiger partial charge in [0, 0.05) is 24.2 Å². The number of hydrogen-bond donors (Lipinski definition) is 0. The van der Waals surface area contributed by atoms with E-state index < -0.39 is 30.2 Å². The molecule has 0 aliphatic carbocycles. The Hall–Kier alpha value is -5.38. The molecule has 5 rings (SSSR count). The molecule has 1 atom stereocenters. The van der Waals surface area contributed by atoms with Crippen molar-refractivity contribution in [2.24, 2.45) is 5.92 Å². The molecule has 0 radical (unpaired) electrons. The van der Waals surface area contributed by atoms with Crippen LogP contribution in [0.3, 0.4) is 0 Å². The summed E-state index contributed by atoms with van der Waals surface area (Å²) in [6.45, 7) is -0.341. The fourth-order valence-electron chi connectivity index (χ4n) is 4.19. The van der Waals surface area contributed by atoms with Gasteiger partial charge in [0.1, 0.15) is 23.0 Å². The SMILES string of the molecule is COc1ccc(Oc2ccc(N3CC(C(=O)OCC(=O)c4ccc(OC(=O)c5ccco5)cc4)CC3=O)cc2)cc1. The number of nitrogens with zero attached hydrogens (tertiary/aromatic N) is 1. The summed E-state index contributed by atoms with van der Waals surface area (Å²) in [5.41, 5.74) is 0.896. The van der Waals surface area contributed by atoms with Crippen LogP contribution in [0.1, 0.15) is 27.3 Å². The molecule has 0 N–H and O–H groups in total. The van der Waals surface area contributed by atoms with Crippen LogP contribution in [0.5, 0.6) is 23.0 Å². The van der Waals surface area contributed by atoms with Crippen molar-refractivity contribution in [3.05, 3.63) is 103 Å². The molecular formula is C31H25NO9. The Balaban J connectivity index is 1.10. The average Bonchev–Trinajstić information content (AvgIpc) is 3.68. The maximum absolute atomic E-state index is 12.6. The van der Waals surface area contributed by atoms with Crippen LogP contribution in [-0.4, -0.2) is 43.9 Å². The van der Waals surface area contributed by atoms with Gasteiger partial charge in [0.2, 0.25) is 11.7 Å². The lowest BCUT2D eigenvalue weighted by Crippen LogP contribution is -2.27. The Morgan fingerprint density at radius 2 is 1.49 bits per heavy atom. The van der Waals surface area contributed by atoms with Gasteiger partial charge in [-0.1, -0.05) is 0 Å². The monoisotopic (exact) mass is 555 g/mol. The smallest absolute Gasteiger partial charge is 0.379 e. The summed E-state index contributed by atoms with van der Waals surface area (Å²) in [4.78, 5) is 51.3. The van der Waals surface area contributed by atoms with Crippen molar-refractivity contribution >= 4 is 29.3 Å². The number of Topliss-reactive ketones (excluding diaryl/α,β-unsaturated/α-hetero) is 1. The molecule has 1 amide bonds. The Bertz CT molecular complexity index is 1530. The van der Waals surface area contributed by atoms with Crippen molar-refractivity contribution in [3.8, 4) is 23.0 Å². The summed E-state index contributed by atoms with van der Waals surface area (Å²) >= 11 is 0. The fraction of sp³-hybridized carbons (Fsp3) is 0.161. The predicted molar refractivity (Wildman–Crippen MR) is 145 cm³/mol. The number of hydrogen-bond acceptors (Lipinski definition) is 9. The van der Waals surface area contributed by atoms with Crippen molar-refractivity contribution in [1.82, 2.24) is 0 Å². The molecule has 1 fully saturated rings. The minimum atomic E-state index is -0.700. The number of rotatable bonds is 10. The van der Waals surface area contributed by atoms with Crippen molar-refractivity contribution in [2.75, 3.05) is 25.2 Å². The summed E-state index contributed by atoms with van der Waals surface area (Å²) in [5.74, 6) is -0.425. The first-order chi connectivity index (χ1) is 19.9. The first kappa shape index (κ1) is 27.2. The number of amides is 1. The molecule has 0 saturated carbocycles. The van der Waals surface area contributed by atoms with E-state index in [2.05, 4.69) is 0 Å². The molecule has 0 spiro atoms. The predicted octanol–water partition coefficient (Wildman–Crippen LogP) is 5.08. The Morgan fingerprint density at radius 1 is 0.854 bits per heavy atom. The van der Waals surface area contributed by atoms with E-state index in [0.717, 1.165) is 5.75 Å². The molecule has 10 heteroatoms. The third-order valence-electron chi connectivity index (χ3n) is 6.36. The van der Waals surface area contributed by atoms with Gasteiger partial charge in [0.15, 0.2) is 12.4 Å². The Labute approximate surface area is 235 Å². The highest BCUT2D eigenvalue weighted by atomic mass is 16.5. The maximum Gasteiger partial charge on any atom is 0.379 e. The van der Waals surface area contributed by atoms with E-state index in [4.69, 9.17) is 23.4 Å². The van der Waals surface area contributed by atoms with Crippen LogP contribution in [0.15, 0.2) is 95.6 Å². The molecule has 1 unspecified atom stereocenters. The van der Waals surface area contributed by atoms with E-state index in [-0.39, 0.29) is 35.9 Å². The standard InChI is InChI=1S/C31H25NO9/c1-37-23-12-14-25(15-13-23)40-24-10-6-22(7-11-24)32-18-21(17-29(32)34)30(35)39-19-27(33)20-4-8-26(9-5-20)41-31(36)28-3-2-16-38-28/h2-16,21H,17-19H2,1H3. The zero-order valence-electron chi connectivity index (χ0n) is 22.0. The maximum atomic E-state index is 12.6. The number of carbonyl (C=O) groups is 4. The van der Waals surface area contributed by atoms with Crippen molar-refractivity contribution in [1.29, 1.82) is 0 Å². The van der Waals surface area contributed by atoms with Crippen molar-refractivity contribution < 1.29 is 42.5 Å². The van der Waals surface area contributed by atoms with E-state index in [1.54, 1.807) is 61.7 Å². The summed E-state index contributed by atoms with van der Waals surface area (Å²) < 4.78 is 26.4. The normalized spacial score (nSPS) is 14.4. The van der Waals surface area contributed by atoms with Crippen molar-refractivity contribution in [2.45, 2.75) is 6.42 Å². The first-order valence-electron chi connectivity index (χ1n) is 12.7. The molecule has 2 heterocycles. The molecular weight excluding hydrogens is 530 g/mol. The fourth-order valence-corrected chi connectivity index (χ4v) is 4.19. The van der Waals surface area contributed by atoms with Crippen LogP contribution in [-0.2, 0) is 14.3 Å². The lowest BCUT2D eigenvalue weighted by atomic mass is 10.1. The lowest BCUT2D eigenvalue weighted by molar-refractivity contribution is -0.147. The second-order valence-electron chi connectivity index (χ2n) is 9.10. The number of furan rings is 1. The van der Waals surface area contributed by atoms with Crippen LogP contribution in [0.2, 0.25) is 0 Å². The van der Waals surface area contributed by atoms with Crippen LogP contribution in [0.25, 0.3) is 0 Å². The first-order valence-corrected chi connectivity index (χ1v) is 12.7. The van der Waals surface area contributed by atoms with E-state index in [9.17, 15) is 19.2 Å². The van der Waals surface area contributed by atoms with Crippen LogP contribution >= 0.6 is 0 Å². The second kappa shape index (κ2) is 12.2. The molecule has 3 aromatic carbocycles. The number of ketones is 1. The number of methoxy groups -OCH3 is 1. The van der Waals surface area contributed by atoms with Gasteiger partial charge in [-0.2, -0.15) is 0 Å². The van der Waals surface area contributed by atoms with Gasteiger partial charge >= 0.3 is 11.9 Å². The number of esters is 2. The van der Waals surface area contributed by atoms with Crippen LogP contribution in [0.4, 0.5) is 5.69 Å². The zero-order valence-corrected chi connectivity index (χ0v) is 22.0. The average molecular weight is 556 g/mol. The molecule has 0 bridgehead atoms.